The van der Waals surface area contributed by atoms with E-state index in [1.54, 1.807) is 24.3 Å². The minimum atomic E-state index is -0.105. The fourth-order valence-electron chi connectivity index (χ4n) is 2.23. The topological polar surface area (TPSA) is 74.1 Å². The molecule has 20 heavy (non-hydrogen) atoms. The molecule has 5 heteroatoms. The van der Waals surface area contributed by atoms with Crippen LogP contribution in [0.5, 0.6) is 5.75 Å². The molecule has 1 aromatic carbocycles. The third kappa shape index (κ3) is 4.25. The van der Waals surface area contributed by atoms with Crippen LogP contribution in [0.4, 0.5) is 5.69 Å². The largest absolute Gasteiger partial charge is 0.479 e. The maximum absolute atomic E-state index is 12.1. The summed E-state index contributed by atoms with van der Waals surface area (Å²) in [7, 11) is 0. The van der Waals surface area contributed by atoms with Gasteiger partial charge in [-0.25, -0.2) is 0 Å². The normalized spacial score (nSPS) is 18.6. The van der Waals surface area contributed by atoms with Gasteiger partial charge >= 0.3 is 0 Å². The molecule has 1 atom stereocenters. The zero-order chi connectivity index (χ0) is 14.2. The summed E-state index contributed by atoms with van der Waals surface area (Å²) in [6.07, 6.45) is 4.29. The van der Waals surface area contributed by atoms with Gasteiger partial charge in [-0.2, -0.15) is 5.26 Å². The van der Waals surface area contributed by atoms with E-state index < -0.39 is 0 Å². The number of hydrogen-bond acceptors (Lipinski definition) is 4. The Morgan fingerprint density at radius 2 is 2.15 bits per heavy atom. The van der Waals surface area contributed by atoms with E-state index in [-0.39, 0.29) is 18.6 Å². The summed E-state index contributed by atoms with van der Waals surface area (Å²) in [4.78, 5) is 12.1. The minimum Gasteiger partial charge on any atom is -0.479 e. The highest BCUT2D eigenvalue weighted by atomic mass is 16.5. The third-order valence-corrected chi connectivity index (χ3v) is 3.30. The van der Waals surface area contributed by atoms with Crippen LogP contribution in [0.1, 0.15) is 25.7 Å². The second-order valence-electron chi connectivity index (χ2n) is 4.82. The number of rotatable bonds is 4. The standard InChI is InChI=1S/C15H19N3O2/c16-9-11-20-13-7-5-12(6-8-13)18-15(19)14-4-2-1-3-10-17-14/h5-8,14,17H,1-4,10-11H2,(H,18,19). The van der Waals surface area contributed by atoms with Crippen molar-refractivity contribution in [3.8, 4) is 11.8 Å². The lowest BCUT2D eigenvalue weighted by Crippen LogP contribution is -2.39. The molecule has 0 aromatic heterocycles. The first kappa shape index (κ1) is 14.4. The van der Waals surface area contributed by atoms with Gasteiger partial charge in [-0.05, 0) is 43.7 Å². The molecule has 0 aliphatic carbocycles. The Bertz CT molecular complexity index is 471. The lowest BCUT2D eigenvalue weighted by Gasteiger charge is -2.15. The molecule has 1 aliphatic heterocycles. The van der Waals surface area contributed by atoms with Crippen LogP contribution < -0.4 is 15.4 Å². The van der Waals surface area contributed by atoms with Gasteiger partial charge < -0.3 is 15.4 Å². The lowest BCUT2D eigenvalue weighted by molar-refractivity contribution is -0.118. The highest BCUT2D eigenvalue weighted by Crippen LogP contribution is 2.16. The number of ether oxygens (including phenoxy) is 1. The molecule has 0 bridgehead atoms. The monoisotopic (exact) mass is 273 g/mol. The molecular weight excluding hydrogens is 254 g/mol. The summed E-state index contributed by atoms with van der Waals surface area (Å²) in [5.41, 5.74) is 0.741. The number of benzene rings is 1. The van der Waals surface area contributed by atoms with Crippen molar-refractivity contribution in [1.29, 1.82) is 5.26 Å². The van der Waals surface area contributed by atoms with E-state index >= 15 is 0 Å². The van der Waals surface area contributed by atoms with Gasteiger partial charge in [-0.15, -0.1) is 0 Å². The third-order valence-electron chi connectivity index (χ3n) is 3.30. The average molecular weight is 273 g/mol. The van der Waals surface area contributed by atoms with Crippen molar-refractivity contribution >= 4 is 11.6 Å². The van der Waals surface area contributed by atoms with E-state index in [2.05, 4.69) is 10.6 Å². The second-order valence-corrected chi connectivity index (χ2v) is 4.82. The van der Waals surface area contributed by atoms with E-state index in [0.29, 0.717) is 5.75 Å². The molecule has 106 valence electrons. The van der Waals surface area contributed by atoms with Crippen molar-refractivity contribution in [3.63, 3.8) is 0 Å². The molecular formula is C15H19N3O2. The van der Waals surface area contributed by atoms with Crippen molar-refractivity contribution in [2.75, 3.05) is 18.5 Å². The van der Waals surface area contributed by atoms with Crippen molar-refractivity contribution in [3.05, 3.63) is 24.3 Å². The highest BCUT2D eigenvalue weighted by molar-refractivity contribution is 5.94. The number of nitrogens with zero attached hydrogens (tertiary/aromatic N) is 1. The molecule has 1 aliphatic rings. The van der Waals surface area contributed by atoms with Crippen molar-refractivity contribution in [2.24, 2.45) is 0 Å². The maximum Gasteiger partial charge on any atom is 0.241 e. The van der Waals surface area contributed by atoms with Crippen LogP contribution in [-0.4, -0.2) is 25.1 Å². The summed E-state index contributed by atoms with van der Waals surface area (Å²) in [6, 6.07) is 8.85. The first-order valence-electron chi connectivity index (χ1n) is 6.93. The molecule has 0 spiro atoms. The van der Waals surface area contributed by atoms with Crippen LogP contribution in [0.25, 0.3) is 0 Å². The number of nitriles is 1. The summed E-state index contributed by atoms with van der Waals surface area (Å²) >= 11 is 0. The first-order chi connectivity index (χ1) is 9.79. The zero-order valence-electron chi connectivity index (χ0n) is 11.4. The lowest BCUT2D eigenvalue weighted by atomic mass is 10.1. The van der Waals surface area contributed by atoms with Gasteiger partial charge in [0.15, 0.2) is 6.61 Å². The Kier molecular flexibility index (Phi) is 5.39. The minimum absolute atomic E-state index is 0.0117. The van der Waals surface area contributed by atoms with E-state index in [4.69, 9.17) is 10.00 Å². The Balaban J connectivity index is 1.88. The summed E-state index contributed by atoms with van der Waals surface area (Å²) < 4.78 is 5.16. The molecule has 5 nitrogen and oxygen atoms in total. The van der Waals surface area contributed by atoms with Crippen LogP contribution in [0.3, 0.4) is 0 Å². The Morgan fingerprint density at radius 3 is 2.90 bits per heavy atom. The first-order valence-corrected chi connectivity index (χ1v) is 6.93. The van der Waals surface area contributed by atoms with Crippen molar-refractivity contribution in [2.45, 2.75) is 31.7 Å². The van der Waals surface area contributed by atoms with E-state index in [1.807, 2.05) is 6.07 Å². The van der Waals surface area contributed by atoms with Gasteiger partial charge in [-0.1, -0.05) is 12.8 Å². The second kappa shape index (κ2) is 7.51. The maximum atomic E-state index is 12.1. The number of hydrogen-bond donors (Lipinski definition) is 2. The Labute approximate surface area is 118 Å². The van der Waals surface area contributed by atoms with E-state index in [0.717, 1.165) is 31.5 Å². The molecule has 1 amide bonds. The fourth-order valence-corrected chi connectivity index (χ4v) is 2.23. The predicted molar refractivity (Wildman–Crippen MR) is 76.4 cm³/mol. The van der Waals surface area contributed by atoms with Crippen LogP contribution in [0, 0.1) is 11.3 Å². The predicted octanol–water partition coefficient (Wildman–Crippen LogP) is 2.06. The Hall–Kier alpha value is -2.06. The van der Waals surface area contributed by atoms with Crippen molar-refractivity contribution < 1.29 is 9.53 Å². The number of nitrogens with one attached hydrogen (secondary N) is 2. The van der Waals surface area contributed by atoms with Gasteiger partial charge in [0.05, 0.1) is 6.04 Å². The van der Waals surface area contributed by atoms with Gasteiger partial charge in [0, 0.05) is 5.69 Å². The zero-order valence-corrected chi connectivity index (χ0v) is 11.4. The van der Waals surface area contributed by atoms with Gasteiger partial charge in [-0.3, -0.25) is 4.79 Å². The number of anilines is 1. The van der Waals surface area contributed by atoms with Gasteiger partial charge in [0.1, 0.15) is 11.8 Å². The summed E-state index contributed by atoms with van der Waals surface area (Å²) in [6.45, 7) is 0.927. The van der Waals surface area contributed by atoms with Crippen LogP contribution in [0.2, 0.25) is 0 Å². The van der Waals surface area contributed by atoms with Gasteiger partial charge in [0.25, 0.3) is 0 Å². The number of carbonyl (C=O) groups excluding carboxylic acids is 1. The summed E-state index contributed by atoms with van der Waals surface area (Å²) in [5.74, 6) is 0.634. The molecule has 1 saturated heterocycles. The molecule has 1 fully saturated rings. The van der Waals surface area contributed by atoms with E-state index in [1.165, 1.54) is 6.42 Å². The SMILES string of the molecule is N#CCOc1ccc(NC(=O)C2CCCCCN2)cc1. The molecule has 1 aromatic rings. The smallest absolute Gasteiger partial charge is 0.241 e. The fraction of sp³-hybridized carbons (Fsp3) is 0.467. The van der Waals surface area contributed by atoms with Crippen LogP contribution >= 0.6 is 0 Å². The molecule has 2 N–H and O–H groups in total. The average Bonchev–Trinajstić information content (AvgIpc) is 2.75. The summed E-state index contributed by atoms with van der Waals surface area (Å²) in [5, 5.41) is 14.6. The molecule has 0 saturated carbocycles. The highest BCUT2D eigenvalue weighted by Gasteiger charge is 2.19. The van der Waals surface area contributed by atoms with Crippen LogP contribution in [-0.2, 0) is 4.79 Å². The molecule has 1 heterocycles. The van der Waals surface area contributed by atoms with Crippen molar-refractivity contribution in [1.82, 2.24) is 5.32 Å². The molecule has 0 radical (unpaired) electrons. The molecule has 1 unspecified atom stereocenters. The van der Waals surface area contributed by atoms with Crippen LogP contribution in [0.15, 0.2) is 24.3 Å². The van der Waals surface area contributed by atoms with Gasteiger partial charge in [0.2, 0.25) is 5.91 Å². The quantitative estimate of drug-likeness (QED) is 0.880. The molecule has 2 rings (SSSR count). The van der Waals surface area contributed by atoms with E-state index in [9.17, 15) is 4.79 Å². The number of carbonyl (C=O) groups is 1. The Morgan fingerprint density at radius 1 is 1.35 bits per heavy atom. The number of amides is 1.